The number of benzene rings is 1. The minimum absolute atomic E-state index is 0.245. The lowest BCUT2D eigenvalue weighted by Gasteiger charge is -2.36. The molecule has 1 saturated heterocycles. The molecule has 0 saturated carbocycles. The maximum Gasteiger partial charge on any atom is 0.371 e. The van der Waals surface area contributed by atoms with E-state index in [9.17, 15) is 18.4 Å². The van der Waals surface area contributed by atoms with Gasteiger partial charge in [-0.3, -0.25) is 0 Å². The van der Waals surface area contributed by atoms with Crippen LogP contribution in [0.25, 0.3) is 0 Å². The normalized spacial score (nSPS) is 22.6. The second-order valence-electron chi connectivity index (χ2n) is 7.11. The molecule has 0 amide bonds. The Bertz CT molecular complexity index is 809. The summed E-state index contributed by atoms with van der Waals surface area (Å²) in [7, 11) is -3.23. The van der Waals surface area contributed by atoms with Gasteiger partial charge >= 0.3 is 5.97 Å². The lowest BCUT2D eigenvalue weighted by Crippen LogP contribution is -2.42. The lowest BCUT2D eigenvalue weighted by molar-refractivity contribution is -0.152. The van der Waals surface area contributed by atoms with Gasteiger partial charge in [0.05, 0.1) is 11.5 Å². The van der Waals surface area contributed by atoms with Crippen molar-refractivity contribution in [3.05, 3.63) is 24.3 Å². The highest BCUT2D eigenvalue weighted by atomic mass is 32.2. The topological polar surface area (TPSA) is 143 Å². The number of amidine groups is 1. The van der Waals surface area contributed by atoms with E-state index in [-0.39, 0.29) is 16.7 Å². The van der Waals surface area contributed by atoms with Crippen molar-refractivity contribution >= 4 is 21.6 Å². The standard InChI is InChI=1S/C18H27N3O6S/c1-12(8-10-27-14-3-5-15(6-4-14)28(2,25)26)13-7-9-21(24)16(11-13)20-17(19)18(22)23/h3-6,12-13,16,24H,7-11H2,1-2H3,(H2,19,20)(H,22,23)/t12-,13?,16?/m1/s1. The molecule has 1 aliphatic rings. The first-order chi connectivity index (χ1) is 13.1. The van der Waals surface area contributed by atoms with Gasteiger partial charge in [0.25, 0.3) is 0 Å². The maximum absolute atomic E-state index is 11.5. The van der Waals surface area contributed by atoms with Crippen LogP contribution in [0.3, 0.4) is 0 Å². The van der Waals surface area contributed by atoms with E-state index >= 15 is 0 Å². The molecule has 4 N–H and O–H groups in total. The summed E-state index contributed by atoms with van der Waals surface area (Å²) in [5, 5.41) is 19.8. The van der Waals surface area contributed by atoms with Crippen molar-refractivity contribution in [2.24, 2.45) is 22.6 Å². The highest BCUT2D eigenvalue weighted by molar-refractivity contribution is 7.90. The van der Waals surface area contributed by atoms with Crippen molar-refractivity contribution in [2.75, 3.05) is 19.4 Å². The smallest absolute Gasteiger partial charge is 0.371 e. The SMILES string of the molecule is C[C@H](CCOc1ccc(S(C)(=O)=O)cc1)C1CCN(O)C(/N=C(\N)C(=O)O)C1. The first-order valence-corrected chi connectivity index (χ1v) is 10.9. The number of carboxylic acids is 1. The van der Waals surface area contributed by atoms with Crippen LogP contribution in [-0.2, 0) is 14.6 Å². The molecular weight excluding hydrogens is 386 g/mol. The second-order valence-corrected chi connectivity index (χ2v) is 9.12. The van der Waals surface area contributed by atoms with Crippen LogP contribution in [0.4, 0.5) is 0 Å². The van der Waals surface area contributed by atoms with Gasteiger partial charge in [0.15, 0.2) is 9.84 Å². The van der Waals surface area contributed by atoms with E-state index in [0.717, 1.165) is 24.2 Å². The number of ether oxygens (including phenoxy) is 1. The van der Waals surface area contributed by atoms with Crippen LogP contribution in [0.15, 0.2) is 34.2 Å². The van der Waals surface area contributed by atoms with Crippen molar-refractivity contribution in [2.45, 2.75) is 37.2 Å². The number of rotatable bonds is 7. The highest BCUT2D eigenvalue weighted by Crippen LogP contribution is 2.30. The number of sulfone groups is 1. The Labute approximate surface area is 164 Å². The second kappa shape index (κ2) is 9.35. The van der Waals surface area contributed by atoms with Gasteiger partial charge in [0, 0.05) is 12.8 Å². The fourth-order valence-electron chi connectivity index (χ4n) is 3.19. The predicted molar refractivity (Wildman–Crippen MR) is 103 cm³/mol. The van der Waals surface area contributed by atoms with Gasteiger partial charge in [-0.15, -0.1) is 0 Å². The fraction of sp³-hybridized carbons (Fsp3) is 0.556. The van der Waals surface area contributed by atoms with E-state index in [1.807, 2.05) is 0 Å². The van der Waals surface area contributed by atoms with E-state index in [1.165, 1.54) is 12.1 Å². The monoisotopic (exact) mass is 413 g/mol. The lowest BCUT2D eigenvalue weighted by atomic mass is 9.83. The Morgan fingerprint density at radius 3 is 2.61 bits per heavy atom. The third-order valence-electron chi connectivity index (χ3n) is 4.99. The number of carbonyl (C=O) groups is 1. The van der Waals surface area contributed by atoms with Gasteiger partial charge in [-0.2, -0.15) is 5.06 Å². The third-order valence-corrected chi connectivity index (χ3v) is 6.12. The summed E-state index contributed by atoms with van der Waals surface area (Å²) in [6.07, 6.45) is 2.52. The van der Waals surface area contributed by atoms with E-state index in [0.29, 0.717) is 25.3 Å². The first kappa shape index (κ1) is 22.1. The highest BCUT2D eigenvalue weighted by Gasteiger charge is 2.31. The largest absolute Gasteiger partial charge is 0.494 e. The molecule has 0 aliphatic carbocycles. The Balaban J connectivity index is 1.86. The maximum atomic E-state index is 11.5. The Morgan fingerprint density at radius 1 is 1.39 bits per heavy atom. The zero-order valence-electron chi connectivity index (χ0n) is 16.0. The van der Waals surface area contributed by atoms with Gasteiger partial charge in [0.2, 0.25) is 5.84 Å². The number of hydrogen-bond donors (Lipinski definition) is 3. The van der Waals surface area contributed by atoms with Crippen LogP contribution < -0.4 is 10.5 Å². The van der Waals surface area contributed by atoms with Crippen molar-refractivity contribution in [1.82, 2.24) is 5.06 Å². The molecule has 1 aromatic rings. The van der Waals surface area contributed by atoms with Crippen molar-refractivity contribution in [3.63, 3.8) is 0 Å². The Hall–Kier alpha value is -2.17. The van der Waals surface area contributed by atoms with Crippen molar-refractivity contribution in [1.29, 1.82) is 0 Å². The third kappa shape index (κ3) is 6.18. The molecule has 0 bridgehead atoms. The number of nitrogens with two attached hydrogens (primary N) is 1. The zero-order chi connectivity index (χ0) is 20.9. The minimum Gasteiger partial charge on any atom is -0.494 e. The summed E-state index contributed by atoms with van der Waals surface area (Å²) < 4.78 is 28.6. The molecule has 9 nitrogen and oxygen atoms in total. The average molecular weight is 413 g/mol. The molecule has 1 heterocycles. The number of aliphatic carboxylic acids is 1. The van der Waals surface area contributed by atoms with Gasteiger partial charge in [-0.05, 0) is 55.4 Å². The summed E-state index contributed by atoms with van der Waals surface area (Å²) in [4.78, 5) is 15.0. The van der Waals surface area contributed by atoms with Crippen LogP contribution in [0.1, 0.15) is 26.2 Å². The number of piperidine rings is 1. The summed E-state index contributed by atoms with van der Waals surface area (Å²) in [6, 6.07) is 6.29. The molecule has 10 heteroatoms. The van der Waals surface area contributed by atoms with Crippen LogP contribution in [0.2, 0.25) is 0 Å². The van der Waals surface area contributed by atoms with E-state index in [4.69, 9.17) is 15.6 Å². The van der Waals surface area contributed by atoms with E-state index in [1.54, 1.807) is 12.1 Å². The van der Waals surface area contributed by atoms with Crippen LogP contribution >= 0.6 is 0 Å². The molecule has 0 spiro atoms. The van der Waals surface area contributed by atoms with Gasteiger partial charge in [-0.25, -0.2) is 18.2 Å². The van der Waals surface area contributed by atoms with Crippen molar-refractivity contribution in [3.8, 4) is 5.75 Å². The van der Waals surface area contributed by atoms with E-state index < -0.39 is 27.8 Å². The average Bonchev–Trinajstić information content (AvgIpc) is 2.63. The molecule has 0 radical (unpaired) electrons. The molecule has 28 heavy (non-hydrogen) atoms. The molecule has 1 aliphatic heterocycles. The molecule has 2 rings (SSSR count). The predicted octanol–water partition coefficient (Wildman–Crippen LogP) is 1.36. The van der Waals surface area contributed by atoms with E-state index in [2.05, 4.69) is 11.9 Å². The van der Waals surface area contributed by atoms with Crippen LogP contribution in [0.5, 0.6) is 5.75 Å². The molecule has 1 aromatic carbocycles. The molecule has 156 valence electrons. The minimum atomic E-state index is -3.23. The summed E-state index contributed by atoms with van der Waals surface area (Å²) in [6.45, 7) is 2.93. The van der Waals surface area contributed by atoms with Gasteiger partial charge in [-0.1, -0.05) is 6.92 Å². The van der Waals surface area contributed by atoms with Crippen molar-refractivity contribution < 1.29 is 28.3 Å². The summed E-state index contributed by atoms with van der Waals surface area (Å²) >= 11 is 0. The van der Waals surface area contributed by atoms with Gasteiger partial charge < -0.3 is 20.8 Å². The zero-order valence-corrected chi connectivity index (χ0v) is 16.8. The van der Waals surface area contributed by atoms with Gasteiger partial charge in [0.1, 0.15) is 11.9 Å². The molecule has 0 aromatic heterocycles. The van der Waals surface area contributed by atoms with Crippen LogP contribution in [-0.4, -0.2) is 61.2 Å². The summed E-state index contributed by atoms with van der Waals surface area (Å²) in [5.41, 5.74) is 5.37. The molecule has 2 unspecified atom stereocenters. The quantitative estimate of drug-likeness (QED) is 0.449. The number of aliphatic imine (C=N–C) groups is 1. The fourth-order valence-corrected chi connectivity index (χ4v) is 3.82. The Morgan fingerprint density at radius 2 is 2.04 bits per heavy atom. The number of hydroxylamine groups is 2. The number of hydrogen-bond acceptors (Lipinski definition) is 7. The number of carboxylic acid groups (broad SMARTS) is 1. The first-order valence-electron chi connectivity index (χ1n) is 9.03. The molecule has 3 atom stereocenters. The Kier molecular flexibility index (Phi) is 7.39. The number of nitrogens with zero attached hydrogens (tertiary/aromatic N) is 2. The summed E-state index contributed by atoms with van der Waals surface area (Å²) in [5.74, 6) is -0.707. The molecular formula is C18H27N3O6S. The van der Waals surface area contributed by atoms with Crippen LogP contribution in [0, 0.1) is 11.8 Å². The molecule has 1 fully saturated rings.